The lowest BCUT2D eigenvalue weighted by molar-refractivity contribution is -0.122. The number of nitrogens with one attached hydrogen (secondary N) is 2. The van der Waals surface area contributed by atoms with Gasteiger partial charge in [-0.15, -0.1) is 0 Å². The Morgan fingerprint density at radius 3 is 2.46 bits per heavy atom. The van der Waals surface area contributed by atoms with Crippen molar-refractivity contribution in [2.75, 3.05) is 6.54 Å². The van der Waals surface area contributed by atoms with Gasteiger partial charge < -0.3 is 26.0 Å². The molecule has 0 spiro atoms. The van der Waals surface area contributed by atoms with E-state index in [1.54, 1.807) is 6.07 Å². The molecular weight excluding hydrogens is 442 g/mol. The van der Waals surface area contributed by atoms with Gasteiger partial charge in [-0.05, 0) is 56.0 Å². The highest BCUT2D eigenvalue weighted by atomic mass is 16.3. The number of aliphatic hydroxyl groups excluding tert-OH is 2. The van der Waals surface area contributed by atoms with Crippen LogP contribution in [0.25, 0.3) is 0 Å². The quantitative estimate of drug-likeness (QED) is 0.289. The third kappa shape index (κ3) is 7.62. The molecule has 1 heterocycles. The smallest absolute Gasteiger partial charge is 0.227 e. The zero-order chi connectivity index (χ0) is 25.4. The summed E-state index contributed by atoms with van der Waals surface area (Å²) in [5, 5.41) is 35.9. The predicted octanol–water partition coefficient (Wildman–Crippen LogP) is 3.34. The van der Waals surface area contributed by atoms with Crippen LogP contribution in [0.3, 0.4) is 0 Å². The molecule has 7 nitrogen and oxygen atoms in total. The van der Waals surface area contributed by atoms with Crippen LogP contribution in [0.4, 0.5) is 0 Å². The third-order valence-corrected chi connectivity index (χ3v) is 6.04. The first-order chi connectivity index (χ1) is 16.7. The number of rotatable bonds is 11. The molecule has 0 radical (unpaired) electrons. The normalized spacial score (nSPS) is 13.3. The van der Waals surface area contributed by atoms with Crippen LogP contribution in [-0.2, 0) is 24.4 Å². The number of pyridine rings is 1. The minimum atomic E-state index is -0.889. The summed E-state index contributed by atoms with van der Waals surface area (Å²) in [5.74, 6) is -0.396. The summed E-state index contributed by atoms with van der Waals surface area (Å²) in [6.07, 6.45) is -0.198. The number of carbonyl (C=O) groups is 1. The molecule has 3 aromatic rings. The molecule has 5 N–H and O–H groups in total. The molecule has 35 heavy (non-hydrogen) atoms. The monoisotopic (exact) mass is 477 g/mol. The van der Waals surface area contributed by atoms with Crippen molar-refractivity contribution in [3.63, 3.8) is 0 Å². The van der Waals surface area contributed by atoms with Gasteiger partial charge in [0.05, 0.1) is 18.2 Å². The highest BCUT2D eigenvalue weighted by molar-refractivity contribution is 5.83. The van der Waals surface area contributed by atoms with Crippen molar-refractivity contribution >= 4 is 5.91 Å². The van der Waals surface area contributed by atoms with Crippen molar-refractivity contribution < 1.29 is 20.1 Å². The largest absolute Gasteiger partial charge is 0.506 e. The van der Waals surface area contributed by atoms with Gasteiger partial charge in [-0.1, -0.05) is 54.6 Å². The summed E-state index contributed by atoms with van der Waals surface area (Å²) in [6, 6.07) is 20.8. The number of hydrogen-bond donors (Lipinski definition) is 5. The standard InChI is InChI=1S/C28H35N3O4/c1-19(27(35)29-16-20-8-5-4-6-9-20)22-11-7-10-21(14-22)15-28(2,3)30-17-26(34)23-12-13-25(33)24(18-32)31-23/h4-14,19,26,30,32-34H,15-18H2,1-3H3,(H,29,35). The van der Waals surface area contributed by atoms with Gasteiger partial charge in [0.1, 0.15) is 17.5 Å². The molecule has 2 unspecified atom stereocenters. The molecule has 2 atom stereocenters. The van der Waals surface area contributed by atoms with Gasteiger partial charge >= 0.3 is 0 Å². The van der Waals surface area contributed by atoms with Crippen molar-refractivity contribution in [2.45, 2.75) is 57.9 Å². The number of β-amino-alcohol motifs (C(OH)–C–C–N with tert-alkyl or cyclic N) is 1. The molecule has 0 bridgehead atoms. The Kier molecular flexibility index (Phi) is 8.98. The van der Waals surface area contributed by atoms with Crippen LogP contribution in [0, 0.1) is 0 Å². The Balaban J connectivity index is 1.57. The molecule has 0 fully saturated rings. The van der Waals surface area contributed by atoms with Crippen LogP contribution in [0.5, 0.6) is 5.75 Å². The van der Waals surface area contributed by atoms with E-state index in [0.29, 0.717) is 18.7 Å². The Bertz CT molecular complexity index is 1120. The fraction of sp³-hybridized carbons (Fsp3) is 0.357. The van der Waals surface area contributed by atoms with E-state index in [9.17, 15) is 20.1 Å². The second kappa shape index (κ2) is 11.9. The number of amides is 1. The molecule has 7 heteroatoms. The number of nitrogens with zero attached hydrogens (tertiary/aromatic N) is 1. The van der Waals surface area contributed by atoms with Crippen molar-refractivity contribution in [1.29, 1.82) is 0 Å². The minimum Gasteiger partial charge on any atom is -0.506 e. The summed E-state index contributed by atoms with van der Waals surface area (Å²) >= 11 is 0. The second-order valence-electron chi connectivity index (χ2n) is 9.49. The lowest BCUT2D eigenvalue weighted by Gasteiger charge is -2.28. The lowest BCUT2D eigenvalue weighted by Crippen LogP contribution is -2.43. The molecule has 186 valence electrons. The van der Waals surface area contributed by atoms with Gasteiger partial charge in [0.25, 0.3) is 0 Å². The average Bonchev–Trinajstić information content (AvgIpc) is 2.86. The molecule has 2 aromatic carbocycles. The lowest BCUT2D eigenvalue weighted by atomic mass is 9.91. The van der Waals surface area contributed by atoms with Crippen LogP contribution in [0.2, 0.25) is 0 Å². The fourth-order valence-electron chi connectivity index (χ4n) is 3.93. The third-order valence-electron chi connectivity index (χ3n) is 6.04. The topological polar surface area (TPSA) is 115 Å². The van der Waals surface area contributed by atoms with E-state index in [0.717, 1.165) is 16.7 Å². The molecule has 1 aromatic heterocycles. The van der Waals surface area contributed by atoms with Crippen molar-refractivity contribution in [3.8, 4) is 5.75 Å². The molecule has 0 aliphatic carbocycles. The van der Waals surface area contributed by atoms with Crippen LogP contribution in [0.1, 0.15) is 60.9 Å². The van der Waals surface area contributed by atoms with Gasteiger partial charge in [0.2, 0.25) is 5.91 Å². The average molecular weight is 478 g/mol. The second-order valence-corrected chi connectivity index (χ2v) is 9.49. The van der Waals surface area contributed by atoms with Gasteiger partial charge in [-0.25, -0.2) is 4.98 Å². The van der Waals surface area contributed by atoms with Gasteiger partial charge in [0.15, 0.2) is 0 Å². The SMILES string of the molecule is CC(C(=O)NCc1ccccc1)c1cccc(CC(C)(C)NCC(O)c2ccc(O)c(CO)n2)c1. The molecular formula is C28H35N3O4. The number of aromatic hydroxyl groups is 1. The van der Waals surface area contributed by atoms with Gasteiger partial charge in [-0.3, -0.25) is 4.79 Å². The number of benzene rings is 2. The van der Waals surface area contributed by atoms with E-state index in [-0.39, 0.29) is 35.4 Å². The van der Waals surface area contributed by atoms with Crippen LogP contribution >= 0.6 is 0 Å². The molecule has 1 amide bonds. The summed E-state index contributed by atoms with van der Waals surface area (Å²) < 4.78 is 0. The van der Waals surface area contributed by atoms with Gasteiger partial charge in [0, 0.05) is 18.6 Å². The van der Waals surface area contributed by atoms with E-state index < -0.39 is 12.7 Å². The maximum atomic E-state index is 12.7. The molecule has 0 aliphatic heterocycles. The van der Waals surface area contributed by atoms with Crippen molar-refractivity contribution in [2.24, 2.45) is 0 Å². The Morgan fingerprint density at radius 2 is 1.74 bits per heavy atom. The zero-order valence-electron chi connectivity index (χ0n) is 20.5. The van der Waals surface area contributed by atoms with Crippen LogP contribution in [-0.4, -0.2) is 38.3 Å². The summed E-state index contributed by atoms with van der Waals surface area (Å²) in [5.41, 5.74) is 3.28. The summed E-state index contributed by atoms with van der Waals surface area (Å²) in [4.78, 5) is 16.8. The van der Waals surface area contributed by atoms with E-state index in [2.05, 4.69) is 21.7 Å². The first kappa shape index (κ1) is 26.3. The zero-order valence-corrected chi connectivity index (χ0v) is 20.5. The van der Waals surface area contributed by atoms with E-state index in [1.165, 1.54) is 6.07 Å². The molecule has 0 saturated carbocycles. The van der Waals surface area contributed by atoms with Crippen LogP contribution < -0.4 is 10.6 Å². The number of hydrogen-bond acceptors (Lipinski definition) is 6. The minimum absolute atomic E-state index is 0.0184. The van der Waals surface area contributed by atoms with Crippen molar-refractivity contribution in [3.05, 3.63) is 94.8 Å². The van der Waals surface area contributed by atoms with E-state index in [4.69, 9.17) is 0 Å². The molecule has 0 aliphatic rings. The molecule has 3 rings (SSSR count). The Morgan fingerprint density at radius 1 is 1.03 bits per heavy atom. The molecule has 0 saturated heterocycles. The first-order valence-electron chi connectivity index (χ1n) is 11.8. The number of aliphatic hydroxyl groups is 2. The Hall–Kier alpha value is -3.26. The highest BCUT2D eigenvalue weighted by Crippen LogP contribution is 2.22. The maximum Gasteiger partial charge on any atom is 0.227 e. The highest BCUT2D eigenvalue weighted by Gasteiger charge is 2.22. The predicted molar refractivity (Wildman–Crippen MR) is 136 cm³/mol. The number of carbonyl (C=O) groups excluding carboxylic acids is 1. The first-order valence-corrected chi connectivity index (χ1v) is 11.8. The van der Waals surface area contributed by atoms with Crippen LogP contribution in [0.15, 0.2) is 66.7 Å². The number of aromatic nitrogens is 1. The maximum absolute atomic E-state index is 12.7. The van der Waals surface area contributed by atoms with E-state index in [1.807, 2.05) is 69.3 Å². The fourth-order valence-corrected chi connectivity index (χ4v) is 3.93. The summed E-state index contributed by atoms with van der Waals surface area (Å²) in [7, 11) is 0. The van der Waals surface area contributed by atoms with Crippen molar-refractivity contribution in [1.82, 2.24) is 15.6 Å². The van der Waals surface area contributed by atoms with Gasteiger partial charge in [-0.2, -0.15) is 0 Å². The van der Waals surface area contributed by atoms with E-state index >= 15 is 0 Å². The Labute approximate surface area is 206 Å². The summed E-state index contributed by atoms with van der Waals surface area (Å²) in [6.45, 7) is 6.36.